The number of ether oxygens (including phenoxy) is 1. The maximum absolute atomic E-state index is 10.2. The molecule has 1 fully saturated rings. The van der Waals surface area contributed by atoms with Crippen LogP contribution in [0.5, 0.6) is 5.75 Å². The van der Waals surface area contributed by atoms with Crippen LogP contribution in [-0.4, -0.2) is 53.6 Å². The average Bonchev–Trinajstić information content (AvgIpc) is 2.53. The van der Waals surface area contributed by atoms with Crippen molar-refractivity contribution in [2.75, 3.05) is 26.2 Å². The van der Waals surface area contributed by atoms with Gasteiger partial charge in [0, 0.05) is 18.5 Å². The molecule has 0 spiro atoms. The number of piperidine rings is 1. The third kappa shape index (κ3) is 3.77. The molecule has 0 saturated carbocycles. The molecule has 0 unspecified atom stereocenters. The number of rotatable bonds is 5. The molecular weight excluding hydrogens is 278 g/mol. The van der Waals surface area contributed by atoms with E-state index in [1.165, 1.54) is 0 Å². The van der Waals surface area contributed by atoms with Crippen LogP contribution in [0.3, 0.4) is 0 Å². The molecule has 2 atom stereocenters. The Bertz CT molecular complexity index is 611. The van der Waals surface area contributed by atoms with Gasteiger partial charge in [-0.25, -0.2) is 0 Å². The van der Waals surface area contributed by atoms with Crippen LogP contribution in [0.15, 0.2) is 42.5 Å². The van der Waals surface area contributed by atoms with Crippen molar-refractivity contribution >= 4 is 10.8 Å². The van der Waals surface area contributed by atoms with E-state index in [1.54, 1.807) is 0 Å². The van der Waals surface area contributed by atoms with Gasteiger partial charge in [0.25, 0.3) is 0 Å². The molecule has 1 aliphatic rings. The average molecular weight is 301 g/mol. The van der Waals surface area contributed by atoms with Crippen LogP contribution in [0.4, 0.5) is 0 Å². The highest BCUT2D eigenvalue weighted by atomic mass is 16.5. The van der Waals surface area contributed by atoms with Crippen molar-refractivity contribution in [1.82, 2.24) is 4.90 Å². The summed E-state index contributed by atoms with van der Waals surface area (Å²) in [5.74, 6) is 0.802. The first-order chi connectivity index (χ1) is 10.7. The zero-order valence-electron chi connectivity index (χ0n) is 12.7. The maximum Gasteiger partial charge on any atom is 0.127 e. The summed E-state index contributed by atoms with van der Waals surface area (Å²) in [6.45, 7) is 2.39. The van der Waals surface area contributed by atoms with Crippen LogP contribution in [0.2, 0.25) is 0 Å². The first-order valence-corrected chi connectivity index (χ1v) is 7.91. The van der Waals surface area contributed by atoms with Gasteiger partial charge in [-0.2, -0.15) is 0 Å². The van der Waals surface area contributed by atoms with Gasteiger partial charge in [0.05, 0.1) is 6.10 Å². The van der Waals surface area contributed by atoms with Crippen LogP contribution in [0.25, 0.3) is 10.8 Å². The van der Waals surface area contributed by atoms with Crippen LogP contribution >= 0.6 is 0 Å². The van der Waals surface area contributed by atoms with Gasteiger partial charge in [-0.15, -0.1) is 0 Å². The number of fused-ring (bicyclic) bond motifs is 1. The van der Waals surface area contributed by atoms with Gasteiger partial charge < -0.3 is 14.9 Å². The molecule has 22 heavy (non-hydrogen) atoms. The number of β-amino-alcohol motifs (C(OH)–C–C–N with tert-alkyl or cyclic N) is 2. The van der Waals surface area contributed by atoms with Gasteiger partial charge in [-0.05, 0) is 30.8 Å². The largest absolute Gasteiger partial charge is 0.490 e. The minimum Gasteiger partial charge on any atom is -0.490 e. The topological polar surface area (TPSA) is 52.9 Å². The molecule has 2 N–H and O–H groups in total. The molecule has 4 heteroatoms. The Balaban J connectivity index is 1.57. The van der Waals surface area contributed by atoms with E-state index in [1.807, 2.05) is 42.5 Å². The lowest BCUT2D eigenvalue weighted by molar-refractivity contribution is 0.0245. The Morgan fingerprint density at radius 2 is 2.00 bits per heavy atom. The summed E-state index contributed by atoms with van der Waals surface area (Å²) in [6.07, 6.45) is 1.03. The quantitative estimate of drug-likeness (QED) is 0.887. The number of hydrogen-bond acceptors (Lipinski definition) is 4. The summed E-state index contributed by atoms with van der Waals surface area (Å²) in [6, 6.07) is 14.0. The van der Waals surface area contributed by atoms with Crippen LogP contribution in [0, 0.1) is 0 Å². The lowest BCUT2D eigenvalue weighted by atomic mass is 10.1. The number of nitrogens with zero attached hydrogens (tertiary/aromatic N) is 1. The van der Waals surface area contributed by atoms with Crippen molar-refractivity contribution in [2.24, 2.45) is 0 Å². The van der Waals surface area contributed by atoms with E-state index in [4.69, 9.17) is 4.74 Å². The molecule has 1 aliphatic heterocycles. The summed E-state index contributed by atoms with van der Waals surface area (Å²) in [5, 5.41) is 22.0. The molecule has 0 radical (unpaired) electrons. The summed E-state index contributed by atoms with van der Waals surface area (Å²) in [4.78, 5) is 2.10. The zero-order chi connectivity index (χ0) is 15.4. The minimum absolute atomic E-state index is 0.264. The molecule has 0 amide bonds. The number of aliphatic hydroxyl groups is 2. The van der Waals surface area contributed by atoms with Crippen molar-refractivity contribution in [2.45, 2.75) is 25.0 Å². The second kappa shape index (κ2) is 7.09. The van der Waals surface area contributed by atoms with Gasteiger partial charge in [-0.3, -0.25) is 4.90 Å². The highest BCUT2D eigenvalue weighted by Gasteiger charge is 2.20. The first kappa shape index (κ1) is 15.3. The Morgan fingerprint density at radius 3 is 2.86 bits per heavy atom. The molecule has 4 nitrogen and oxygen atoms in total. The maximum atomic E-state index is 10.2. The molecular formula is C18H23NO3. The van der Waals surface area contributed by atoms with E-state index < -0.39 is 6.10 Å². The fraction of sp³-hybridized carbons (Fsp3) is 0.444. The summed E-state index contributed by atoms with van der Waals surface area (Å²) in [5.41, 5.74) is 0. The second-order valence-electron chi connectivity index (χ2n) is 6.00. The zero-order valence-corrected chi connectivity index (χ0v) is 12.7. The molecule has 118 valence electrons. The fourth-order valence-corrected chi connectivity index (χ4v) is 3.06. The highest BCUT2D eigenvalue weighted by molar-refractivity contribution is 5.88. The van der Waals surface area contributed by atoms with Gasteiger partial charge >= 0.3 is 0 Å². The molecule has 0 aromatic heterocycles. The SMILES string of the molecule is O[C@@H]1CCCN(C[C@@H](O)COc2cccc3ccccc23)C1. The molecule has 2 aromatic rings. The summed E-state index contributed by atoms with van der Waals surface area (Å²) >= 11 is 0. The number of hydrogen-bond donors (Lipinski definition) is 2. The lowest BCUT2D eigenvalue weighted by Gasteiger charge is -2.31. The van der Waals surface area contributed by atoms with E-state index in [0.717, 1.165) is 35.9 Å². The van der Waals surface area contributed by atoms with Crippen molar-refractivity contribution in [3.05, 3.63) is 42.5 Å². The van der Waals surface area contributed by atoms with Crippen molar-refractivity contribution in [3.8, 4) is 5.75 Å². The van der Waals surface area contributed by atoms with E-state index in [-0.39, 0.29) is 12.7 Å². The predicted molar refractivity (Wildman–Crippen MR) is 87.1 cm³/mol. The van der Waals surface area contributed by atoms with Crippen LogP contribution in [-0.2, 0) is 0 Å². The number of benzene rings is 2. The van der Waals surface area contributed by atoms with Gasteiger partial charge in [-0.1, -0.05) is 36.4 Å². The predicted octanol–water partition coefficient (Wildman–Crippen LogP) is 2.04. The number of aliphatic hydroxyl groups excluding tert-OH is 2. The molecule has 0 bridgehead atoms. The van der Waals surface area contributed by atoms with E-state index >= 15 is 0 Å². The third-order valence-electron chi connectivity index (χ3n) is 4.13. The van der Waals surface area contributed by atoms with Gasteiger partial charge in [0.15, 0.2) is 0 Å². The van der Waals surface area contributed by atoms with E-state index in [9.17, 15) is 10.2 Å². The highest BCUT2D eigenvalue weighted by Crippen LogP contribution is 2.25. The third-order valence-corrected chi connectivity index (χ3v) is 4.13. The summed E-state index contributed by atoms with van der Waals surface area (Å²) < 4.78 is 5.81. The van der Waals surface area contributed by atoms with E-state index in [2.05, 4.69) is 4.90 Å². The van der Waals surface area contributed by atoms with Crippen molar-refractivity contribution in [1.29, 1.82) is 0 Å². The monoisotopic (exact) mass is 301 g/mol. The lowest BCUT2D eigenvalue weighted by Crippen LogP contribution is -2.43. The van der Waals surface area contributed by atoms with Crippen LogP contribution in [0.1, 0.15) is 12.8 Å². The first-order valence-electron chi connectivity index (χ1n) is 7.91. The van der Waals surface area contributed by atoms with Gasteiger partial charge in [0.2, 0.25) is 0 Å². The van der Waals surface area contributed by atoms with Gasteiger partial charge in [0.1, 0.15) is 18.5 Å². The molecule has 1 heterocycles. The summed E-state index contributed by atoms with van der Waals surface area (Å²) in [7, 11) is 0. The number of likely N-dealkylation sites (tertiary alicyclic amines) is 1. The smallest absolute Gasteiger partial charge is 0.127 e. The molecule has 1 saturated heterocycles. The normalized spacial score (nSPS) is 20.9. The van der Waals surface area contributed by atoms with Crippen molar-refractivity contribution < 1.29 is 14.9 Å². The Labute approximate surface area is 130 Å². The van der Waals surface area contributed by atoms with E-state index in [0.29, 0.717) is 13.1 Å². The molecule has 3 rings (SSSR count). The Morgan fingerprint density at radius 1 is 1.18 bits per heavy atom. The Hall–Kier alpha value is -1.62. The minimum atomic E-state index is -0.552. The van der Waals surface area contributed by atoms with Crippen molar-refractivity contribution in [3.63, 3.8) is 0 Å². The van der Waals surface area contributed by atoms with Crippen LogP contribution < -0.4 is 4.74 Å². The Kier molecular flexibility index (Phi) is 4.93. The second-order valence-corrected chi connectivity index (χ2v) is 6.00. The molecule has 0 aliphatic carbocycles. The molecule has 2 aromatic carbocycles. The standard InChI is InChI=1S/C18H23NO3/c20-15-7-4-10-19(11-15)12-16(21)13-22-18-9-3-6-14-5-1-2-8-17(14)18/h1-3,5-6,8-9,15-16,20-21H,4,7,10-13H2/t15-,16-/m1/s1. The fourth-order valence-electron chi connectivity index (χ4n) is 3.06.